The van der Waals surface area contributed by atoms with Gasteiger partial charge in [-0.25, -0.2) is 4.98 Å². The Kier molecular flexibility index (Phi) is 6.57. The molecule has 0 bridgehead atoms. The Morgan fingerprint density at radius 2 is 2.24 bits per heavy atom. The molecular formula is C22H27N3O2S2. The predicted molar refractivity (Wildman–Crippen MR) is 123 cm³/mol. The quantitative estimate of drug-likeness (QED) is 0.553. The van der Waals surface area contributed by atoms with E-state index in [9.17, 15) is 4.79 Å². The fraction of sp³-hybridized carbons (Fsp3) is 0.455. The zero-order valence-corrected chi connectivity index (χ0v) is 18.6. The van der Waals surface area contributed by atoms with E-state index in [2.05, 4.69) is 16.6 Å². The molecule has 1 aliphatic carbocycles. The van der Waals surface area contributed by atoms with Crippen LogP contribution in [0.15, 0.2) is 35.4 Å². The number of rotatable bonds is 8. The van der Waals surface area contributed by atoms with E-state index in [0.29, 0.717) is 12.6 Å². The maximum absolute atomic E-state index is 13.3. The summed E-state index contributed by atoms with van der Waals surface area (Å²) in [5.74, 6) is 1.99. The van der Waals surface area contributed by atoms with Crippen LogP contribution in [0.3, 0.4) is 0 Å². The molecule has 29 heavy (non-hydrogen) atoms. The third kappa shape index (κ3) is 4.37. The second kappa shape index (κ2) is 9.32. The van der Waals surface area contributed by atoms with Gasteiger partial charge in [-0.1, -0.05) is 18.2 Å². The van der Waals surface area contributed by atoms with Crippen LogP contribution in [0.2, 0.25) is 0 Å². The summed E-state index contributed by atoms with van der Waals surface area (Å²) in [4.78, 5) is 20.1. The van der Waals surface area contributed by atoms with Crippen LogP contribution in [-0.2, 0) is 19.4 Å². The maximum atomic E-state index is 13.3. The largest absolute Gasteiger partial charge is 0.496 e. The van der Waals surface area contributed by atoms with Gasteiger partial charge in [0.15, 0.2) is 0 Å². The standard InChI is InChI=1S/C22H27N3O2S2/c1-27-18-7-4-3-6-15(18)13-25-14-24-21-20(22(25)26)17-9-8-16(12-19(17)29-21)23-10-5-11-28-2/h3-4,6-7,14,16,23H,5,8-13H2,1-2H3. The Hall–Kier alpha value is -1.83. The van der Waals surface area contributed by atoms with Crippen molar-refractivity contribution in [2.45, 2.75) is 38.3 Å². The third-order valence-electron chi connectivity index (χ3n) is 5.53. The summed E-state index contributed by atoms with van der Waals surface area (Å²) in [5.41, 5.74) is 2.26. The normalized spacial score (nSPS) is 16.1. The monoisotopic (exact) mass is 429 g/mol. The van der Waals surface area contributed by atoms with Gasteiger partial charge in [0.1, 0.15) is 10.6 Å². The molecule has 0 saturated carbocycles. The molecule has 7 heteroatoms. The molecule has 0 spiro atoms. The summed E-state index contributed by atoms with van der Waals surface area (Å²) in [6.07, 6.45) is 8.06. The summed E-state index contributed by atoms with van der Waals surface area (Å²) in [5, 5.41) is 4.51. The minimum Gasteiger partial charge on any atom is -0.496 e. The summed E-state index contributed by atoms with van der Waals surface area (Å²) in [7, 11) is 1.66. The summed E-state index contributed by atoms with van der Waals surface area (Å²) < 4.78 is 7.15. The van der Waals surface area contributed by atoms with Gasteiger partial charge >= 0.3 is 0 Å². The molecule has 2 heterocycles. The molecule has 5 nitrogen and oxygen atoms in total. The van der Waals surface area contributed by atoms with E-state index < -0.39 is 0 Å². The van der Waals surface area contributed by atoms with Crippen LogP contribution in [-0.4, -0.2) is 41.3 Å². The van der Waals surface area contributed by atoms with Crippen molar-refractivity contribution in [3.63, 3.8) is 0 Å². The van der Waals surface area contributed by atoms with Gasteiger partial charge in [0.05, 0.1) is 25.4 Å². The minimum absolute atomic E-state index is 0.0600. The number of ether oxygens (including phenoxy) is 1. The number of benzene rings is 1. The van der Waals surface area contributed by atoms with Crippen molar-refractivity contribution in [1.29, 1.82) is 0 Å². The summed E-state index contributed by atoms with van der Waals surface area (Å²) in [6.45, 7) is 1.53. The number of aromatic nitrogens is 2. The van der Waals surface area contributed by atoms with E-state index in [4.69, 9.17) is 4.74 Å². The fourth-order valence-corrected chi connectivity index (χ4v) is 5.72. The molecular weight excluding hydrogens is 402 g/mol. The van der Waals surface area contributed by atoms with E-state index in [1.165, 1.54) is 22.6 Å². The van der Waals surface area contributed by atoms with Gasteiger partial charge in [-0.2, -0.15) is 11.8 Å². The lowest BCUT2D eigenvalue weighted by atomic mass is 9.93. The number of hydrogen-bond acceptors (Lipinski definition) is 6. The molecule has 1 aromatic carbocycles. The average Bonchev–Trinajstić information content (AvgIpc) is 3.12. The number of thioether (sulfide) groups is 1. The van der Waals surface area contributed by atoms with Crippen molar-refractivity contribution in [3.05, 3.63) is 57.0 Å². The number of methoxy groups -OCH3 is 1. The SMILES string of the molecule is COc1ccccc1Cn1cnc2sc3c(c2c1=O)CCC(NCCCSC)C3. The van der Waals surface area contributed by atoms with Gasteiger partial charge in [0, 0.05) is 16.5 Å². The predicted octanol–water partition coefficient (Wildman–Crippen LogP) is 3.71. The van der Waals surface area contributed by atoms with Gasteiger partial charge in [0.2, 0.25) is 0 Å². The van der Waals surface area contributed by atoms with Crippen LogP contribution in [0.25, 0.3) is 10.2 Å². The number of fused-ring (bicyclic) bond motifs is 3. The highest BCUT2D eigenvalue weighted by Gasteiger charge is 2.25. The molecule has 154 valence electrons. The van der Waals surface area contributed by atoms with Gasteiger partial charge < -0.3 is 10.1 Å². The molecule has 2 aromatic heterocycles. The first-order valence-electron chi connectivity index (χ1n) is 10.0. The van der Waals surface area contributed by atoms with Gasteiger partial charge in [-0.15, -0.1) is 11.3 Å². The Labute approximate surface area is 179 Å². The highest BCUT2D eigenvalue weighted by Crippen LogP contribution is 2.33. The third-order valence-corrected chi connectivity index (χ3v) is 7.39. The van der Waals surface area contributed by atoms with Crippen molar-refractivity contribution >= 4 is 33.3 Å². The summed E-state index contributed by atoms with van der Waals surface area (Å²) in [6, 6.07) is 8.33. The molecule has 3 aromatic rings. The zero-order chi connectivity index (χ0) is 20.2. The molecule has 1 unspecified atom stereocenters. The smallest absolute Gasteiger partial charge is 0.262 e. The number of para-hydroxylation sites is 1. The van der Waals surface area contributed by atoms with Crippen molar-refractivity contribution in [3.8, 4) is 5.75 Å². The molecule has 1 N–H and O–H groups in total. The maximum Gasteiger partial charge on any atom is 0.262 e. The van der Waals surface area contributed by atoms with Crippen LogP contribution < -0.4 is 15.6 Å². The fourth-order valence-electron chi connectivity index (χ4n) is 4.03. The zero-order valence-electron chi connectivity index (χ0n) is 16.9. The number of thiophene rings is 1. The van der Waals surface area contributed by atoms with E-state index in [1.54, 1.807) is 29.3 Å². The molecule has 4 rings (SSSR count). The first-order chi connectivity index (χ1) is 14.2. The van der Waals surface area contributed by atoms with Gasteiger partial charge in [0.25, 0.3) is 5.56 Å². The molecule has 0 fully saturated rings. The van der Waals surface area contributed by atoms with Crippen LogP contribution in [0.1, 0.15) is 28.8 Å². The molecule has 0 amide bonds. The number of hydrogen-bond donors (Lipinski definition) is 1. The molecule has 0 radical (unpaired) electrons. The average molecular weight is 430 g/mol. The minimum atomic E-state index is 0.0600. The van der Waals surface area contributed by atoms with E-state index in [0.717, 1.165) is 47.3 Å². The number of nitrogens with one attached hydrogen (secondary N) is 1. The van der Waals surface area contributed by atoms with Crippen molar-refractivity contribution in [1.82, 2.24) is 14.9 Å². The first kappa shape index (κ1) is 20.4. The van der Waals surface area contributed by atoms with Crippen molar-refractivity contribution in [2.75, 3.05) is 25.7 Å². The highest BCUT2D eigenvalue weighted by atomic mass is 32.2. The Morgan fingerprint density at radius 3 is 3.07 bits per heavy atom. The Bertz CT molecular complexity index is 1040. The van der Waals surface area contributed by atoms with Crippen LogP contribution in [0.5, 0.6) is 5.75 Å². The van der Waals surface area contributed by atoms with E-state index >= 15 is 0 Å². The number of nitrogens with zero attached hydrogens (tertiary/aromatic N) is 2. The van der Waals surface area contributed by atoms with E-state index in [1.807, 2.05) is 36.0 Å². The van der Waals surface area contributed by atoms with Crippen molar-refractivity contribution in [2.24, 2.45) is 0 Å². The van der Waals surface area contributed by atoms with E-state index in [-0.39, 0.29) is 5.56 Å². The lowest BCUT2D eigenvalue weighted by molar-refractivity contribution is 0.408. The second-order valence-corrected chi connectivity index (χ2v) is 9.48. The molecule has 0 saturated heterocycles. The Morgan fingerprint density at radius 1 is 1.38 bits per heavy atom. The molecule has 1 aliphatic rings. The number of aryl methyl sites for hydroxylation is 1. The lowest BCUT2D eigenvalue weighted by Gasteiger charge is -2.23. The molecule has 0 aliphatic heterocycles. The summed E-state index contributed by atoms with van der Waals surface area (Å²) >= 11 is 3.59. The first-order valence-corrected chi connectivity index (χ1v) is 12.3. The van der Waals surface area contributed by atoms with Crippen LogP contribution >= 0.6 is 23.1 Å². The highest BCUT2D eigenvalue weighted by molar-refractivity contribution is 7.98. The van der Waals surface area contributed by atoms with Gasteiger partial charge in [-0.3, -0.25) is 9.36 Å². The topological polar surface area (TPSA) is 56.2 Å². The van der Waals surface area contributed by atoms with Crippen LogP contribution in [0.4, 0.5) is 0 Å². The van der Waals surface area contributed by atoms with Crippen LogP contribution in [0, 0.1) is 0 Å². The molecule has 1 atom stereocenters. The Balaban J connectivity index is 1.57. The van der Waals surface area contributed by atoms with Crippen molar-refractivity contribution < 1.29 is 4.74 Å². The lowest BCUT2D eigenvalue weighted by Crippen LogP contribution is -2.35. The van der Waals surface area contributed by atoms with Gasteiger partial charge in [-0.05, 0) is 55.9 Å². The second-order valence-electron chi connectivity index (χ2n) is 7.41.